The monoisotopic (exact) mass is 565 g/mol. The third kappa shape index (κ3) is 3.35. The van der Waals surface area contributed by atoms with Crippen molar-refractivity contribution in [3.8, 4) is 29.0 Å². The van der Waals surface area contributed by atoms with Gasteiger partial charge in [-0.3, -0.25) is 0 Å². The van der Waals surface area contributed by atoms with Gasteiger partial charge in [-0.15, -0.1) is 11.3 Å². The highest BCUT2D eigenvalue weighted by atomic mass is 32.1. The summed E-state index contributed by atoms with van der Waals surface area (Å²) >= 11 is 1.65. The van der Waals surface area contributed by atoms with Crippen LogP contribution in [0.5, 0.6) is 0 Å². The number of thiophene rings is 1. The quantitative estimate of drug-likeness (QED) is 0.209. The minimum absolute atomic E-state index is 0.623. The zero-order valence-electron chi connectivity index (χ0n) is 22.6. The van der Waals surface area contributed by atoms with Gasteiger partial charge in [-0.2, -0.15) is 10.5 Å². The van der Waals surface area contributed by atoms with Gasteiger partial charge in [0, 0.05) is 32.3 Å². The van der Waals surface area contributed by atoms with Crippen LogP contribution in [0.1, 0.15) is 11.1 Å². The second-order valence-electron chi connectivity index (χ2n) is 10.8. The van der Waals surface area contributed by atoms with Crippen molar-refractivity contribution >= 4 is 75.3 Å². The topological polar surface area (TPSA) is 65.7 Å². The van der Waals surface area contributed by atoms with E-state index in [2.05, 4.69) is 77.4 Å². The Hall–Kier alpha value is -5.88. The molecule has 4 nitrogen and oxygen atoms in total. The molecule has 0 amide bonds. The molecule has 0 aliphatic heterocycles. The Morgan fingerprint density at radius 1 is 0.535 bits per heavy atom. The number of hydrogen-bond donors (Lipinski definition) is 0. The van der Waals surface area contributed by atoms with E-state index >= 15 is 0 Å². The molecular weight excluding hydrogens is 547 g/mol. The van der Waals surface area contributed by atoms with E-state index in [1.54, 1.807) is 11.3 Å². The average Bonchev–Trinajstić information content (AvgIpc) is 3.73. The van der Waals surface area contributed by atoms with Crippen LogP contribution < -0.4 is 0 Å². The summed E-state index contributed by atoms with van der Waals surface area (Å²) in [5.74, 6) is 0. The smallest absolute Gasteiger partial charge is 0.136 e. The Balaban J connectivity index is 1.31. The van der Waals surface area contributed by atoms with Crippen LogP contribution in [-0.4, -0.2) is 4.57 Å². The summed E-state index contributed by atoms with van der Waals surface area (Å²) in [6.07, 6.45) is 0. The van der Waals surface area contributed by atoms with Crippen LogP contribution in [0.15, 0.2) is 120 Å². The van der Waals surface area contributed by atoms with E-state index in [0.29, 0.717) is 11.1 Å². The molecule has 0 atom stereocenters. The highest BCUT2D eigenvalue weighted by molar-refractivity contribution is 7.26. The van der Waals surface area contributed by atoms with Gasteiger partial charge < -0.3 is 8.98 Å². The predicted molar refractivity (Wildman–Crippen MR) is 176 cm³/mol. The lowest BCUT2D eigenvalue weighted by Crippen LogP contribution is -1.94. The largest absolute Gasteiger partial charge is 0.456 e. The molecule has 3 aromatic heterocycles. The molecule has 0 fully saturated rings. The lowest BCUT2D eigenvalue weighted by Gasteiger charge is -2.09. The van der Waals surface area contributed by atoms with E-state index in [-0.39, 0.29) is 0 Å². The Kier molecular flexibility index (Phi) is 4.87. The number of hydrogen-bond acceptors (Lipinski definition) is 4. The van der Waals surface area contributed by atoms with Gasteiger partial charge in [0.1, 0.15) is 17.2 Å². The van der Waals surface area contributed by atoms with Gasteiger partial charge in [-0.25, -0.2) is 0 Å². The molecule has 0 unspecified atom stereocenters. The molecule has 0 radical (unpaired) electrons. The Bertz CT molecular complexity index is 2710. The number of para-hydroxylation sites is 2. The second-order valence-corrected chi connectivity index (χ2v) is 11.8. The van der Waals surface area contributed by atoms with Crippen LogP contribution in [0.25, 0.3) is 80.7 Å². The zero-order valence-corrected chi connectivity index (χ0v) is 23.4. The minimum atomic E-state index is 0.623. The summed E-state index contributed by atoms with van der Waals surface area (Å²) in [5, 5.41) is 26.6. The fourth-order valence-electron chi connectivity index (χ4n) is 6.52. The van der Waals surface area contributed by atoms with Crippen molar-refractivity contribution in [1.82, 2.24) is 4.57 Å². The predicted octanol–water partition coefficient (Wildman–Crippen LogP) is 10.5. The lowest BCUT2D eigenvalue weighted by atomic mass is 9.98. The number of rotatable bonds is 2. The SMILES string of the molecule is N#Cc1ccc2c3ccccc3n(-c3cccc4c3sc3c(C#N)cc(-c5ccc6c(c5)oc5ccccc56)cc34)c2c1. The molecule has 5 heteroatoms. The highest BCUT2D eigenvalue weighted by Crippen LogP contribution is 2.44. The van der Waals surface area contributed by atoms with Crippen LogP contribution in [0.3, 0.4) is 0 Å². The lowest BCUT2D eigenvalue weighted by molar-refractivity contribution is 0.669. The average molecular weight is 566 g/mol. The first-order valence-electron chi connectivity index (χ1n) is 14.0. The zero-order chi connectivity index (χ0) is 28.7. The molecule has 198 valence electrons. The number of fused-ring (bicyclic) bond motifs is 9. The summed E-state index contributed by atoms with van der Waals surface area (Å²) in [4.78, 5) is 0. The van der Waals surface area contributed by atoms with Crippen LogP contribution in [0.4, 0.5) is 0 Å². The van der Waals surface area contributed by atoms with Crippen molar-refractivity contribution in [2.24, 2.45) is 0 Å². The van der Waals surface area contributed by atoms with Crippen LogP contribution >= 0.6 is 11.3 Å². The molecule has 9 rings (SSSR count). The first-order valence-corrected chi connectivity index (χ1v) is 14.8. The molecule has 0 saturated carbocycles. The van der Waals surface area contributed by atoms with Crippen molar-refractivity contribution in [3.63, 3.8) is 0 Å². The maximum atomic E-state index is 10.3. The Morgan fingerprint density at radius 2 is 1.30 bits per heavy atom. The van der Waals surface area contributed by atoms with Gasteiger partial charge in [0.15, 0.2) is 0 Å². The van der Waals surface area contributed by atoms with Crippen molar-refractivity contribution in [2.45, 2.75) is 0 Å². The molecule has 43 heavy (non-hydrogen) atoms. The van der Waals surface area contributed by atoms with Crippen molar-refractivity contribution in [3.05, 3.63) is 126 Å². The maximum absolute atomic E-state index is 10.3. The number of benzene rings is 6. The van der Waals surface area contributed by atoms with E-state index in [1.807, 2.05) is 54.6 Å². The number of aromatic nitrogens is 1. The van der Waals surface area contributed by atoms with E-state index in [1.165, 1.54) is 0 Å². The third-order valence-electron chi connectivity index (χ3n) is 8.45. The van der Waals surface area contributed by atoms with Gasteiger partial charge in [0.2, 0.25) is 0 Å². The van der Waals surface area contributed by atoms with Gasteiger partial charge in [-0.1, -0.05) is 60.7 Å². The Morgan fingerprint density at radius 3 is 2.19 bits per heavy atom. The van der Waals surface area contributed by atoms with Gasteiger partial charge >= 0.3 is 0 Å². The fraction of sp³-hybridized carbons (Fsp3) is 0. The molecule has 0 bridgehead atoms. The van der Waals surface area contributed by atoms with E-state index in [4.69, 9.17) is 4.42 Å². The maximum Gasteiger partial charge on any atom is 0.136 e. The molecule has 0 saturated heterocycles. The normalized spacial score (nSPS) is 11.7. The molecule has 9 aromatic rings. The minimum Gasteiger partial charge on any atom is -0.456 e. The molecule has 0 aliphatic carbocycles. The summed E-state index contributed by atoms with van der Waals surface area (Å²) in [7, 11) is 0. The number of furan rings is 1. The third-order valence-corrected chi connectivity index (χ3v) is 9.73. The highest BCUT2D eigenvalue weighted by Gasteiger charge is 2.19. The van der Waals surface area contributed by atoms with Gasteiger partial charge in [-0.05, 0) is 65.7 Å². The molecule has 0 aliphatic rings. The van der Waals surface area contributed by atoms with Crippen molar-refractivity contribution < 1.29 is 4.42 Å². The molecule has 6 aromatic carbocycles. The first kappa shape index (κ1) is 23.8. The second kappa shape index (κ2) is 8.81. The summed E-state index contributed by atoms with van der Waals surface area (Å²) < 4.78 is 10.5. The first-order chi connectivity index (χ1) is 21.2. The van der Waals surface area contributed by atoms with E-state index in [0.717, 1.165) is 80.7 Å². The summed E-state index contributed by atoms with van der Waals surface area (Å²) in [6.45, 7) is 0. The van der Waals surface area contributed by atoms with Crippen molar-refractivity contribution in [2.75, 3.05) is 0 Å². The number of nitrogens with zero attached hydrogens (tertiary/aromatic N) is 3. The van der Waals surface area contributed by atoms with Crippen LogP contribution in [0.2, 0.25) is 0 Å². The van der Waals surface area contributed by atoms with Gasteiger partial charge in [0.25, 0.3) is 0 Å². The standard InChI is InChI=1S/C38H19N3OS/c39-20-22-12-14-27-26-6-1-3-9-32(26)41(34(27)16-22)33-10-5-8-30-31-18-24(17-25(21-40)37(31)43-38(30)33)23-13-15-29-28-7-2-4-11-35(28)42-36(29)19-23/h1-19H. The Labute approximate surface area is 249 Å². The number of nitriles is 2. The molecule has 0 N–H and O–H groups in total. The summed E-state index contributed by atoms with van der Waals surface area (Å²) in [6, 6.07) is 43.9. The summed E-state index contributed by atoms with van der Waals surface area (Å²) in [5.41, 5.74) is 8.07. The van der Waals surface area contributed by atoms with Crippen LogP contribution in [-0.2, 0) is 0 Å². The van der Waals surface area contributed by atoms with Gasteiger partial charge in [0.05, 0.1) is 43.3 Å². The van der Waals surface area contributed by atoms with Crippen LogP contribution in [0, 0.1) is 22.7 Å². The molecular formula is C38H19N3OS. The van der Waals surface area contributed by atoms with Crippen molar-refractivity contribution in [1.29, 1.82) is 10.5 Å². The molecule has 0 spiro atoms. The fourth-order valence-corrected chi connectivity index (χ4v) is 7.77. The molecule has 3 heterocycles. The van der Waals surface area contributed by atoms with E-state index < -0.39 is 0 Å². The van der Waals surface area contributed by atoms with E-state index in [9.17, 15) is 10.5 Å².